The molecule has 1 aromatic rings. The number of benzene rings is 1. The third kappa shape index (κ3) is 3.49. The molecular weight excluding hydrogens is 279 g/mol. The molecule has 1 aromatic carbocycles. The van der Waals surface area contributed by atoms with Crippen molar-refractivity contribution in [3.05, 3.63) is 34.6 Å². The molecule has 0 radical (unpaired) electrons. The Hall–Kier alpha value is -1.13. The normalized spacial score (nSPS) is 16.1. The zero-order valence-corrected chi connectivity index (χ0v) is 12.4. The van der Waals surface area contributed by atoms with Crippen LogP contribution in [0, 0.1) is 5.82 Å². The third-order valence-corrected chi connectivity index (χ3v) is 3.95. The molecule has 2 rings (SSSR count). The summed E-state index contributed by atoms with van der Waals surface area (Å²) in [7, 11) is 0. The van der Waals surface area contributed by atoms with Crippen LogP contribution in [0.15, 0.2) is 18.2 Å². The Morgan fingerprint density at radius 1 is 1.45 bits per heavy atom. The Balaban J connectivity index is 2.21. The molecule has 0 unspecified atom stereocenters. The summed E-state index contributed by atoms with van der Waals surface area (Å²) in [4.78, 5) is 14.6. The molecule has 0 bridgehead atoms. The lowest BCUT2D eigenvalue weighted by atomic mass is 10.0. The van der Waals surface area contributed by atoms with Gasteiger partial charge in [-0.1, -0.05) is 18.5 Å². The summed E-state index contributed by atoms with van der Waals surface area (Å²) in [6, 6.07) is 4.20. The second kappa shape index (κ2) is 7.04. The van der Waals surface area contributed by atoms with Crippen molar-refractivity contribution in [3.63, 3.8) is 0 Å². The molecule has 1 fully saturated rings. The van der Waals surface area contributed by atoms with Gasteiger partial charge in [0, 0.05) is 12.6 Å². The molecule has 1 saturated heterocycles. The molecule has 1 N–H and O–H groups in total. The maximum absolute atomic E-state index is 13.1. The van der Waals surface area contributed by atoms with Gasteiger partial charge in [0.25, 0.3) is 5.91 Å². The lowest BCUT2D eigenvalue weighted by Crippen LogP contribution is -2.46. The average molecular weight is 299 g/mol. The number of hydrogen-bond donors (Lipinski definition) is 1. The summed E-state index contributed by atoms with van der Waals surface area (Å²) in [5, 5.41) is 3.48. The standard InChI is InChI=1S/C15H20ClFN2O/c1-2-9-19(12-5-7-18-8-6-12)15(20)13-4-3-11(17)10-14(13)16/h3-4,10,12,18H,2,5-9H2,1H3. The van der Waals surface area contributed by atoms with E-state index in [1.807, 2.05) is 11.8 Å². The Kier molecular flexibility index (Phi) is 5.38. The summed E-state index contributed by atoms with van der Waals surface area (Å²) >= 11 is 6.01. The lowest BCUT2D eigenvalue weighted by molar-refractivity contribution is 0.0643. The number of rotatable bonds is 4. The smallest absolute Gasteiger partial charge is 0.255 e. The predicted molar refractivity (Wildman–Crippen MR) is 78.6 cm³/mol. The van der Waals surface area contributed by atoms with Crippen molar-refractivity contribution in [2.45, 2.75) is 32.2 Å². The molecule has 1 aliphatic rings. The summed E-state index contributed by atoms with van der Waals surface area (Å²) in [5.74, 6) is -0.515. The van der Waals surface area contributed by atoms with E-state index in [0.29, 0.717) is 12.1 Å². The highest BCUT2D eigenvalue weighted by molar-refractivity contribution is 6.33. The number of nitrogens with zero attached hydrogens (tertiary/aromatic N) is 1. The second-order valence-electron chi connectivity index (χ2n) is 5.10. The summed E-state index contributed by atoms with van der Waals surface area (Å²) in [5.41, 5.74) is 0.389. The first kappa shape index (κ1) is 15.3. The van der Waals surface area contributed by atoms with Crippen LogP contribution in [0.25, 0.3) is 0 Å². The van der Waals surface area contributed by atoms with Crippen molar-refractivity contribution >= 4 is 17.5 Å². The molecule has 1 amide bonds. The number of halogens is 2. The molecule has 1 aliphatic heterocycles. The van der Waals surface area contributed by atoms with Crippen LogP contribution in [0.4, 0.5) is 4.39 Å². The van der Waals surface area contributed by atoms with Gasteiger partial charge in [-0.2, -0.15) is 0 Å². The first-order valence-electron chi connectivity index (χ1n) is 7.10. The minimum atomic E-state index is -0.421. The maximum Gasteiger partial charge on any atom is 0.255 e. The van der Waals surface area contributed by atoms with Gasteiger partial charge in [0.05, 0.1) is 10.6 Å². The van der Waals surface area contributed by atoms with Crippen LogP contribution < -0.4 is 5.32 Å². The van der Waals surface area contributed by atoms with Gasteiger partial charge in [0.15, 0.2) is 0 Å². The van der Waals surface area contributed by atoms with Crippen LogP contribution in [0.5, 0.6) is 0 Å². The zero-order chi connectivity index (χ0) is 14.5. The Morgan fingerprint density at radius 2 is 2.15 bits per heavy atom. The van der Waals surface area contributed by atoms with Crippen LogP contribution in [-0.2, 0) is 0 Å². The van der Waals surface area contributed by atoms with Crippen LogP contribution in [0.2, 0.25) is 5.02 Å². The molecule has 0 atom stereocenters. The van der Waals surface area contributed by atoms with Crippen molar-refractivity contribution in [1.29, 1.82) is 0 Å². The molecule has 20 heavy (non-hydrogen) atoms. The lowest BCUT2D eigenvalue weighted by Gasteiger charge is -2.34. The molecular formula is C15H20ClFN2O. The van der Waals surface area contributed by atoms with E-state index in [-0.39, 0.29) is 17.0 Å². The second-order valence-corrected chi connectivity index (χ2v) is 5.51. The predicted octanol–water partition coefficient (Wildman–Crippen LogP) is 3.08. The SMILES string of the molecule is CCCN(C(=O)c1ccc(F)cc1Cl)C1CCNCC1. The van der Waals surface area contributed by atoms with Gasteiger partial charge >= 0.3 is 0 Å². The number of carbonyl (C=O) groups excluding carboxylic acids is 1. The van der Waals surface area contributed by atoms with Crippen molar-refractivity contribution < 1.29 is 9.18 Å². The number of amides is 1. The first-order chi connectivity index (χ1) is 9.63. The number of piperidine rings is 1. The van der Waals surface area contributed by atoms with E-state index in [4.69, 9.17) is 11.6 Å². The Bertz CT molecular complexity index is 475. The van der Waals surface area contributed by atoms with Gasteiger partial charge in [-0.25, -0.2) is 4.39 Å². The topological polar surface area (TPSA) is 32.3 Å². The fourth-order valence-electron chi connectivity index (χ4n) is 2.63. The summed E-state index contributed by atoms with van der Waals surface area (Å²) < 4.78 is 13.1. The number of carbonyl (C=O) groups is 1. The van der Waals surface area contributed by atoms with Gasteiger partial charge in [0.1, 0.15) is 5.82 Å². The van der Waals surface area contributed by atoms with E-state index in [1.54, 1.807) is 0 Å². The molecule has 110 valence electrons. The Labute approximate surface area is 124 Å². The monoisotopic (exact) mass is 298 g/mol. The maximum atomic E-state index is 13.1. The largest absolute Gasteiger partial charge is 0.336 e. The average Bonchev–Trinajstić information content (AvgIpc) is 2.45. The van der Waals surface area contributed by atoms with E-state index in [0.717, 1.165) is 32.4 Å². The van der Waals surface area contributed by atoms with Crippen LogP contribution >= 0.6 is 11.6 Å². The zero-order valence-electron chi connectivity index (χ0n) is 11.7. The Morgan fingerprint density at radius 3 is 2.75 bits per heavy atom. The quantitative estimate of drug-likeness (QED) is 0.926. The number of nitrogens with one attached hydrogen (secondary N) is 1. The molecule has 5 heteroatoms. The van der Waals surface area contributed by atoms with Crippen molar-refractivity contribution in [1.82, 2.24) is 10.2 Å². The molecule has 0 saturated carbocycles. The van der Waals surface area contributed by atoms with E-state index < -0.39 is 5.82 Å². The van der Waals surface area contributed by atoms with Crippen LogP contribution in [0.1, 0.15) is 36.5 Å². The van der Waals surface area contributed by atoms with Crippen LogP contribution in [0.3, 0.4) is 0 Å². The number of hydrogen-bond acceptors (Lipinski definition) is 2. The highest BCUT2D eigenvalue weighted by Crippen LogP contribution is 2.22. The minimum Gasteiger partial charge on any atom is -0.336 e. The summed E-state index contributed by atoms with van der Waals surface area (Å²) in [6.45, 7) is 4.61. The fraction of sp³-hybridized carbons (Fsp3) is 0.533. The third-order valence-electron chi connectivity index (χ3n) is 3.64. The van der Waals surface area contributed by atoms with E-state index >= 15 is 0 Å². The van der Waals surface area contributed by atoms with E-state index in [9.17, 15) is 9.18 Å². The molecule has 0 aliphatic carbocycles. The van der Waals surface area contributed by atoms with Crippen LogP contribution in [-0.4, -0.2) is 36.5 Å². The van der Waals surface area contributed by atoms with Crippen molar-refractivity contribution in [3.8, 4) is 0 Å². The van der Waals surface area contributed by atoms with Gasteiger partial charge < -0.3 is 10.2 Å². The molecule has 0 spiro atoms. The highest BCUT2D eigenvalue weighted by Gasteiger charge is 2.26. The van der Waals surface area contributed by atoms with Gasteiger partial charge in [-0.15, -0.1) is 0 Å². The highest BCUT2D eigenvalue weighted by atomic mass is 35.5. The van der Waals surface area contributed by atoms with Gasteiger partial charge in [-0.05, 0) is 50.6 Å². The van der Waals surface area contributed by atoms with Crippen molar-refractivity contribution in [2.24, 2.45) is 0 Å². The fourth-order valence-corrected chi connectivity index (χ4v) is 2.87. The molecule has 0 aromatic heterocycles. The first-order valence-corrected chi connectivity index (χ1v) is 7.48. The van der Waals surface area contributed by atoms with Crippen molar-refractivity contribution in [2.75, 3.05) is 19.6 Å². The van der Waals surface area contributed by atoms with E-state index in [1.165, 1.54) is 18.2 Å². The minimum absolute atomic E-state index is 0.0937. The molecule has 3 nitrogen and oxygen atoms in total. The molecule has 1 heterocycles. The summed E-state index contributed by atoms with van der Waals surface area (Å²) in [6.07, 6.45) is 2.80. The van der Waals surface area contributed by atoms with Gasteiger partial charge in [-0.3, -0.25) is 4.79 Å². The van der Waals surface area contributed by atoms with E-state index in [2.05, 4.69) is 5.32 Å². The van der Waals surface area contributed by atoms with Gasteiger partial charge in [0.2, 0.25) is 0 Å².